The molecule has 0 aliphatic heterocycles. The Bertz CT molecular complexity index is 724. The van der Waals surface area contributed by atoms with Crippen molar-refractivity contribution in [3.05, 3.63) is 70.7 Å². The molecule has 1 atom stereocenters. The van der Waals surface area contributed by atoms with Gasteiger partial charge in [-0.1, -0.05) is 74.8 Å². The Hall–Kier alpha value is -1.62. The lowest BCUT2D eigenvalue weighted by Crippen LogP contribution is -2.45. The second-order valence-corrected chi connectivity index (χ2v) is 13.2. The maximum atomic E-state index is 13.0. The predicted molar refractivity (Wildman–Crippen MR) is 111 cm³/mol. The summed E-state index contributed by atoms with van der Waals surface area (Å²) in [5.74, 6) is -0.211. The van der Waals surface area contributed by atoms with Gasteiger partial charge >= 0.3 is 5.97 Å². The topological polar surface area (TPSA) is 38.3 Å². The Labute approximate surface area is 162 Å². The van der Waals surface area contributed by atoms with Crippen LogP contribution in [0.15, 0.2) is 54.6 Å². The third-order valence-electron chi connectivity index (χ3n) is 4.95. The molecule has 0 heterocycles. The number of rotatable bonds is 6. The molecule has 2 aromatic rings. The van der Waals surface area contributed by atoms with Crippen molar-refractivity contribution in [3.8, 4) is 0 Å². The van der Waals surface area contributed by atoms with E-state index in [1.807, 2.05) is 54.6 Å². The van der Waals surface area contributed by atoms with E-state index in [1.54, 1.807) is 0 Å². The molecule has 1 unspecified atom stereocenters. The van der Waals surface area contributed by atoms with Crippen molar-refractivity contribution >= 4 is 25.9 Å². The lowest BCUT2D eigenvalue weighted by molar-refractivity contribution is -0.138. The van der Waals surface area contributed by atoms with Gasteiger partial charge in [0.25, 0.3) is 8.32 Å². The van der Waals surface area contributed by atoms with Crippen LogP contribution in [0.2, 0.25) is 23.2 Å². The third kappa shape index (κ3) is 5.43. The minimum absolute atomic E-state index is 0.0277. The molecule has 5 heteroatoms. The fraction of sp³-hybridized carbons (Fsp3) is 0.381. The molecule has 3 nitrogen and oxygen atoms in total. The molecule has 0 bridgehead atoms. The van der Waals surface area contributed by atoms with Gasteiger partial charge in [-0.3, -0.25) is 10.1 Å². The highest BCUT2D eigenvalue weighted by Gasteiger charge is 2.41. The Balaban J connectivity index is 2.18. The van der Waals surface area contributed by atoms with E-state index in [4.69, 9.17) is 16.0 Å². The highest BCUT2D eigenvalue weighted by atomic mass is 35.5. The SMILES string of the molecule is CC(C)(C)[Si](C)(C)OC(=O)C(NCc1ccc(Cl)cc1)c1ccccc1. The van der Waals surface area contributed by atoms with Gasteiger partial charge in [0.05, 0.1) is 0 Å². The van der Waals surface area contributed by atoms with Crippen molar-refractivity contribution in [1.82, 2.24) is 5.32 Å². The minimum Gasteiger partial charge on any atom is -0.518 e. The van der Waals surface area contributed by atoms with Gasteiger partial charge in [-0.05, 0) is 41.4 Å². The van der Waals surface area contributed by atoms with Crippen LogP contribution in [0.5, 0.6) is 0 Å². The third-order valence-corrected chi connectivity index (χ3v) is 9.53. The number of hydrogen-bond donors (Lipinski definition) is 1. The van der Waals surface area contributed by atoms with Gasteiger partial charge in [0, 0.05) is 11.6 Å². The molecule has 0 aliphatic carbocycles. The number of halogens is 1. The number of carbonyl (C=O) groups is 1. The zero-order valence-corrected chi connectivity index (χ0v) is 17.9. The van der Waals surface area contributed by atoms with Crippen molar-refractivity contribution in [3.63, 3.8) is 0 Å². The number of carbonyl (C=O) groups excluding carboxylic acids is 1. The lowest BCUT2D eigenvalue weighted by atomic mass is 10.1. The van der Waals surface area contributed by atoms with Gasteiger partial charge in [0.2, 0.25) is 0 Å². The Morgan fingerprint density at radius 2 is 1.65 bits per heavy atom. The van der Waals surface area contributed by atoms with Gasteiger partial charge in [0.1, 0.15) is 6.04 Å². The molecule has 1 N–H and O–H groups in total. The van der Waals surface area contributed by atoms with E-state index in [1.165, 1.54) is 0 Å². The van der Waals surface area contributed by atoms with Gasteiger partial charge in [0.15, 0.2) is 0 Å². The first-order valence-electron chi connectivity index (χ1n) is 8.86. The maximum absolute atomic E-state index is 13.0. The van der Waals surface area contributed by atoms with Gasteiger partial charge in [-0.25, -0.2) is 0 Å². The Morgan fingerprint density at radius 3 is 2.19 bits per heavy atom. The molecular formula is C21H28ClNO2Si. The minimum atomic E-state index is -2.19. The summed E-state index contributed by atoms with van der Waals surface area (Å²) >= 11 is 5.95. The zero-order valence-electron chi connectivity index (χ0n) is 16.2. The number of nitrogens with one attached hydrogen (secondary N) is 1. The van der Waals surface area contributed by atoms with Crippen LogP contribution in [-0.2, 0) is 15.8 Å². The number of benzene rings is 2. The summed E-state index contributed by atoms with van der Waals surface area (Å²) < 4.78 is 6.04. The summed E-state index contributed by atoms with van der Waals surface area (Å²) in [5, 5.41) is 4.02. The van der Waals surface area contributed by atoms with Gasteiger partial charge in [-0.15, -0.1) is 0 Å². The molecule has 0 aromatic heterocycles. The van der Waals surface area contributed by atoms with Crippen LogP contribution in [0.25, 0.3) is 0 Å². The second kappa shape index (κ2) is 8.38. The smallest absolute Gasteiger partial charge is 0.314 e. The summed E-state index contributed by atoms with van der Waals surface area (Å²) in [7, 11) is -2.19. The Morgan fingerprint density at radius 1 is 1.08 bits per heavy atom. The molecule has 0 aliphatic rings. The van der Waals surface area contributed by atoms with Crippen molar-refractivity contribution in [1.29, 1.82) is 0 Å². The van der Waals surface area contributed by atoms with Crippen molar-refractivity contribution in [2.45, 2.75) is 51.5 Å². The summed E-state index contributed by atoms with van der Waals surface area (Å²) in [5.41, 5.74) is 1.97. The van der Waals surface area contributed by atoms with E-state index >= 15 is 0 Å². The van der Waals surface area contributed by atoms with Gasteiger partial charge in [-0.2, -0.15) is 0 Å². The Kier molecular flexibility index (Phi) is 6.67. The van der Waals surface area contributed by atoms with Crippen molar-refractivity contribution < 1.29 is 9.22 Å². The summed E-state index contributed by atoms with van der Waals surface area (Å²) in [6, 6.07) is 16.8. The van der Waals surface area contributed by atoms with Crippen LogP contribution in [-0.4, -0.2) is 14.3 Å². The number of hydrogen-bond acceptors (Lipinski definition) is 3. The summed E-state index contributed by atoms with van der Waals surface area (Å²) in [6.07, 6.45) is 0. The molecule has 140 valence electrons. The maximum Gasteiger partial charge on any atom is 0.314 e. The van der Waals surface area contributed by atoms with Crippen LogP contribution >= 0.6 is 11.6 Å². The molecule has 2 rings (SSSR count). The lowest BCUT2D eigenvalue weighted by Gasteiger charge is -2.36. The average Bonchev–Trinajstić information content (AvgIpc) is 2.56. The fourth-order valence-corrected chi connectivity index (χ4v) is 3.32. The van der Waals surface area contributed by atoms with E-state index in [2.05, 4.69) is 39.2 Å². The van der Waals surface area contributed by atoms with Crippen LogP contribution < -0.4 is 5.32 Å². The second-order valence-electron chi connectivity index (χ2n) is 8.03. The van der Waals surface area contributed by atoms with Crippen LogP contribution in [0.4, 0.5) is 0 Å². The molecule has 26 heavy (non-hydrogen) atoms. The molecule has 0 saturated carbocycles. The molecule has 0 saturated heterocycles. The van der Waals surface area contributed by atoms with E-state index in [9.17, 15) is 4.79 Å². The van der Waals surface area contributed by atoms with Crippen LogP contribution in [0.3, 0.4) is 0 Å². The molecular weight excluding hydrogens is 362 g/mol. The van der Waals surface area contributed by atoms with E-state index in [0.717, 1.165) is 11.1 Å². The first-order valence-corrected chi connectivity index (χ1v) is 12.1. The molecule has 0 fully saturated rings. The van der Waals surface area contributed by atoms with Gasteiger partial charge < -0.3 is 4.43 Å². The zero-order chi connectivity index (χ0) is 19.4. The fourth-order valence-electron chi connectivity index (χ4n) is 2.27. The molecule has 0 spiro atoms. The first kappa shape index (κ1) is 20.7. The quantitative estimate of drug-likeness (QED) is 0.642. The summed E-state index contributed by atoms with van der Waals surface area (Å²) in [4.78, 5) is 13.0. The average molecular weight is 390 g/mol. The van der Waals surface area contributed by atoms with Crippen molar-refractivity contribution in [2.75, 3.05) is 0 Å². The highest BCUT2D eigenvalue weighted by molar-refractivity contribution is 6.75. The van der Waals surface area contributed by atoms with Crippen LogP contribution in [0.1, 0.15) is 37.9 Å². The summed E-state index contributed by atoms with van der Waals surface area (Å²) in [6.45, 7) is 11.1. The normalized spacial score (nSPS) is 13.3. The van der Waals surface area contributed by atoms with E-state index < -0.39 is 14.4 Å². The predicted octanol–water partition coefficient (Wildman–Crippen LogP) is 5.72. The largest absolute Gasteiger partial charge is 0.518 e. The van der Waals surface area contributed by atoms with Crippen LogP contribution in [0, 0.1) is 0 Å². The highest BCUT2D eigenvalue weighted by Crippen LogP contribution is 2.37. The molecule has 0 amide bonds. The molecule has 2 aromatic carbocycles. The standard InChI is InChI=1S/C21H28ClNO2Si/c1-21(2,3)26(4,5)25-20(24)19(17-9-7-6-8-10-17)23-15-16-11-13-18(22)14-12-16/h6-14,19,23H,15H2,1-5H3. The van der Waals surface area contributed by atoms with E-state index in [0.29, 0.717) is 11.6 Å². The molecule has 0 radical (unpaired) electrons. The monoisotopic (exact) mass is 389 g/mol. The van der Waals surface area contributed by atoms with E-state index in [-0.39, 0.29) is 11.0 Å². The van der Waals surface area contributed by atoms with Crippen molar-refractivity contribution in [2.24, 2.45) is 0 Å². The first-order chi connectivity index (χ1) is 12.1.